The van der Waals surface area contributed by atoms with Gasteiger partial charge in [0.15, 0.2) is 0 Å². The van der Waals surface area contributed by atoms with Crippen molar-refractivity contribution >= 4 is 5.97 Å². The van der Waals surface area contributed by atoms with Crippen LogP contribution < -0.4 is 0 Å². The van der Waals surface area contributed by atoms with E-state index in [9.17, 15) is 4.79 Å². The van der Waals surface area contributed by atoms with Gasteiger partial charge in [-0.1, -0.05) is 11.6 Å². The van der Waals surface area contributed by atoms with Crippen molar-refractivity contribution in [2.24, 2.45) is 5.92 Å². The number of rotatable bonds is 3. The summed E-state index contributed by atoms with van der Waals surface area (Å²) in [6, 6.07) is 0. The van der Waals surface area contributed by atoms with Crippen LogP contribution in [0.4, 0.5) is 0 Å². The minimum absolute atomic E-state index is 0.380. The van der Waals surface area contributed by atoms with Gasteiger partial charge in [0.05, 0.1) is 18.8 Å². The Morgan fingerprint density at radius 3 is 2.62 bits per heavy atom. The molecule has 0 fully saturated rings. The van der Waals surface area contributed by atoms with Crippen molar-refractivity contribution < 1.29 is 14.6 Å². The zero-order chi connectivity index (χ0) is 9.84. The quantitative estimate of drug-likeness (QED) is 0.678. The molecule has 0 aromatic heterocycles. The maximum absolute atomic E-state index is 10.7. The molecule has 0 radical (unpaired) electrons. The Hall–Kier alpha value is -1.25. The molecule has 0 saturated heterocycles. The third-order valence-corrected chi connectivity index (χ3v) is 2.32. The number of carbonyl (C=O) groups is 1. The SMILES string of the molecule is COC1=CCC(C(C)C(=O)O)=CC1. The summed E-state index contributed by atoms with van der Waals surface area (Å²) < 4.78 is 5.05. The molecule has 72 valence electrons. The van der Waals surface area contributed by atoms with E-state index in [0.717, 1.165) is 11.3 Å². The van der Waals surface area contributed by atoms with E-state index in [-0.39, 0.29) is 5.92 Å². The summed E-state index contributed by atoms with van der Waals surface area (Å²) in [7, 11) is 1.63. The number of allylic oxidation sites excluding steroid dienone is 2. The van der Waals surface area contributed by atoms with E-state index in [1.165, 1.54) is 0 Å². The third-order valence-electron chi connectivity index (χ3n) is 2.32. The van der Waals surface area contributed by atoms with E-state index in [1.54, 1.807) is 14.0 Å². The Bertz CT molecular complexity index is 263. The van der Waals surface area contributed by atoms with Crippen LogP contribution in [0.15, 0.2) is 23.5 Å². The lowest BCUT2D eigenvalue weighted by molar-refractivity contribution is -0.139. The minimum Gasteiger partial charge on any atom is -0.501 e. The van der Waals surface area contributed by atoms with E-state index >= 15 is 0 Å². The molecule has 0 bridgehead atoms. The van der Waals surface area contributed by atoms with Crippen LogP contribution >= 0.6 is 0 Å². The molecule has 0 aromatic rings. The van der Waals surface area contributed by atoms with Gasteiger partial charge in [-0.25, -0.2) is 0 Å². The van der Waals surface area contributed by atoms with Gasteiger partial charge < -0.3 is 9.84 Å². The first-order valence-electron chi connectivity index (χ1n) is 4.30. The summed E-state index contributed by atoms with van der Waals surface area (Å²) in [5, 5.41) is 8.76. The molecular weight excluding hydrogens is 168 g/mol. The molecular formula is C10H14O3. The van der Waals surface area contributed by atoms with Gasteiger partial charge in [0.2, 0.25) is 0 Å². The van der Waals surface area contributed by atoms with Crippen LogP contribution in [0.2, 0.25) is 0 Å². The average Bonchev–Trinajstić information content (AvgIpc) is 2.17. The Kier molecular flexibility index (Phi) is 3.12. The number of aliphatic carboxylic acids is 1. The second-order valence-corrected chi connectivity index (χ2v) is 3.12. The summed E-state index contributed by atoms with van der Waals surface area (Å²) in [6.07, 6.45) is 5.28. The molecule has 0 aromatic carbocycles. The molecule has 0 heterocycles. The van der Waals surface area contributed by atoms with Crippen molar-refractivity contribution in [2.75, 3.05) is 7.11 Å². The minimum atomic E-state index is -0.763. The highest BCUT2D eigenvalue weighted by Crippen LogP contribution is 2.23. The molecule has 1 N–H and O–H groups in total. The first kappa shape index (κ1) is 9.84. The maximum atomic E-state index is 10.7. The van der Waals surface area contributed by atoms with Crippen molar-refractivity contribution in [3.05, 3.63) is 23.5 Å². The Morgan fingerprint density at radius 1 is 1.54 bits per heavy atom. The highest BCUT2D eigenvalue weighted by Gasteiger charge is 2.17. The van der Waals surface area contributed by atoms with Crippen LogP contribution in [0.5, 0.6) is 0 Å². The summed E-state index contributed by atoms with van der Waals surface area (Å²) in [6.45, 7) is 1.71. The van der Waals surface area contributed by atoms with Crippen molar-refractivity contribution in [3.63, 3.8) is 0 Å². The summed E-state index contributed by atoms with van der Waals surface area (Å²) in [5.74, 6) is -0.225. The smallest absolute Gasteiger partial charge is 0.310 e. The number of methoxy groups -OCH3 is 1. The van der Waals surface area contributed by atoms with Gasteiger partial charge in [-0.15, -0.1) is 0 Å². The zero-order valence-corrected chi connectivity index (χ0v) is 7.91. The second-order valence-electron chi connectivity index (χ2n) is 3.12. The second kappa shape index (κ2) is 4.12. The Balaban J connectivity index is 2.58. The highest BCUT2D eigenvalue weighted by molar-refractivity contribution is 5.73. The molecule has 0 aliphatic heterocycles. The van der Waals surface area contributed by atoms with Gasteiger partial charge in [-0.05, 0) is 19.4 Å². The van der Waals surface area contributed by atoms with Gasteiger partial charge in [0.25, 0.3) is 0 Å². The molecule has 0 saturated carbocycles. The molecule has 1 aliphatic carbocycles. The number of carboxylic acid groups (broad SMARTS) is 1. The van der Waals surface area contributed by atoms with Crippen molar-refractivity contribution in [3.8, 4) is 0 Å². The van der Waals surface area contributed by atoms with Crippen LogP contribution in [-0.4, -0.2) is 18.2 Å². The van der Waals surface area contributed by atoms with Gasteiger partial charge in [-0.2, -0.15) is 0 Å². The standard InChI is InChI=1S/C10H14O3/c1-7(10(11)12)8-3-5-9(13-2)6-4-8/h3,6-7H,4-5H2,1-2H3,(H,11,12). The van der Waals surface area contributed by atoms with Crippen molar-refractivity contribution in [2.45, 2.75) is 19.8 Å². The Morgan fingerprint density at radius 2 is 2.23 bits per heavy atom. The molecule has 13 heavy (non-hydrogen) atoms. The lowest BCUT2D eigenvalue weighted by Crippen LogP contribution is -2.13. The topological polar surface area (TPSA) is 46.5 Å². The largest absolute Gasteiger partial charge is 0.501 e. The van der Waals surface area contributed by atoms with Gasteiger partial charge >= 0.3 is 5.97 Å². The number of hydrogen-bond acceptors (Lipinski definition) is 2. The summed E-state index contributed by atoms with van der Waals surface area (Å²) in [4.78, 5) is 10.7. The van der Waals surface area contributed by atoms with Gasteiger partial charge in [-0.3, -0.25) is 4.79 Å². The van der Waals surface area contributed by atoms with E-state index in [1.807, 2.05) is 12.2 Å². The van der Waals surface area contributed by atoms with Crippen molar-refractivity contribution in [1.82, 2.24) is 0 Å². The Labute approximate surface area is 77.7 Å². The van der Waals surface area contributed by atoms with E-state index < -0.39 is 5.97 Å². The molecule has 0 spiro atoms. The normalized spacial score (nSPS) is 18.6. The number of carboxylic acids is 1. The zero-order valence-electron chi connectivity index (χ0n) is 7.91. The third kappa shape index (κ3) is 2.34. The fraction of sp³-hybridized carbons (Fsp3) is 0.500. The lowest BCUT2D eigenvalue weighted by Gasteiger charge is -2.15. The highest BCUT2D eigenvalue weighted by atomic mass is 16.5. The monoisotopic (exact) mass is 182 g/mol. The lowest BCUT2D eigenvalue weighted by atomic mass is 9.93. The first-order valence-corrected chi connectivity index (χ1v) is 4.30. The van der Waals surface area contributed by atoms with E-state index in [2.05, 4.69) is 0 Å². The molecule has 1 atom stereocenters. The number of ether oxygens (including phenoxy) is 1. The van der Waals surface area contributed by atoms with Crippen LogP contribution in [0, 0.1) is 5.92 Å². The van der Waals surface area contributed by atoms with Crippen LogP contribution in [0.1, 0.15) is 19.8 Å². The fourth-order valence-corrected chi connectivity index (χ4v) is 1.31. The van der Waals surface area contributed by atoms with E-state index in [4.69, 9.17) is 9.84 Å². The molecule has 1 aliphatic rings. The van der Waals surface area contributed by atoms with E-state index in [0.29, 0.717) is 12.8 Å². The van der Waals surface area contributed by atoms with Crippen LogP contribution in [0.3, 0.4) is 0 Å². The molecule has 1 rings (SSSR count). The van der Waals surface area contributed by atoms with Gasteiger partial charge in [0, 0.05) is 6.42 Å². The first-order chi connectivity index (χ1) is 6.15. The molecule has 1 unspecified atom stereocenters. The predicted octanol–water partition coefficient (Wildman–Crippen LogP) is 1.96. The predicted molar refractivity (Wildman–Crippen MR) is 49.2 cm³/mol. The maximum Gasteiger partial charge on any atom is 0.310 e. The molecule has 3 nitrogen and oxygen atoms in total. The molecule has 3 heteroatoms. The average molecular weight is 182 g/mol. The van der Waals surface area contributed by atoms with Crippen LogP contribution in [0.25, 0.3) is 0 Å². The van der Waals surface area contributed by atoms with Crippen molar-refractivity contribution in [1.29, 1.82) is 0 Å². The summed E-state index contributed by atoms with van der Waals surface area (Å²) in [5.41, 5.74) is 0.966. The summed E-state index contributed by atoms with van der Waals surface area (Å²) >= 11 is 0. The van der Waals surface area contributed by atoms with Crippen LogP contribution in [-0.2, 0) is 9.53 Å². The van der Waals surface area contributed by atoms with Gasteiger partial charge in [0.1, 0.15) is 0 Å². The fourth-order valence-electron chi connectivity index (χ4n) is 1.31. The number of hydrogen-bond donors (Lipinski definition) is 1. The molecule has 0 amide bonds.